The number of Topliss-reactive ketones (excluding diaryl/α,β-unsaturated/α-hetero) is 1. The highest BCUT2D eigenvalue weighted by atomic mass is 32.1. The molecule has 0 saturated carbocycles. The molecule has 2 N–H and O–H groups in total. The third-order valence-corrected chi connectivity index (χ3v) is 5.94. The molecule has 5 nitrogen and oxygen atoms in total. The van der Waals surface area contributed by atoms with Crippen LogP contribution >= 0.6 is 11.3 Å². The number of ketones is 1. The summed E-state index contributed by atoms with van der Waals surface area (Å²) in [6.07, 6.45) is 7.49. The van der Waals surface area contributed by atoms with E-state index < -0.39 is 5.54 Å². The Hall–Kier alpha value is -2.21. The maximum absolute atomic E-state index is 12.2. The zero-order valence-corrected chi connectivity index (χ0v) is 14.9. The fourth-order valence-corrected chi connectivity index (χ4v) is 4.01. The van der Waals surface area contributed by atoms with E-state index in [2.05, 4.69) is 23.2 Å². The molecule has 24 heavy (non-hydrogen) atoms. The molecule has 2 aliphatic rings. The van der Waals surface area contributed by atoms with E-state index in [4.69, 9.17) is 5.73 Å². The van der Waals surface area contributed by atoms with Crippen molar-refractivity contribution in [2.75, 3.05) is 7.05 Å². The van der Waals surface area contributed by atoms with Crippen molar-refractivity contribution >= 4 is 34.6 Å². The van der Waals surface area contributed by atoms with Crippen LogP contribution in [0.25, 0.3) is 5.57 Å². The molecule has 1 aromatic rings. The number of guanidine groups is 1. The minimum Gasteiger partial charge on any atom is -0.369 e. The zero-order chi connectivity index (χ0) is 17.5. The summed E-state index contributed by atoms with van der Waals surface area (Å²) < 4.78 is 0. The van der Waals surface area contributed by atoms with Crippen LogP contribution in [0.4, 0.5) is 0 Å². The van der Waals surface area contributed by atoms with Gasteiger partial charge in [0.05, 0.1) is 16.8 Å². The number of carbonyl (C=O) groups excluding carboxylic acids is 2. The topological polar surface area (TPSA) is 75.8 Å². The number of rotatable bonds is 3. The first kappa shape index (κ1) is 16.6. The van der Waals surface area contributed by atoms with Crippen LogP contribution < -0.4 is 5.73 Å². The minimum atomic E-state index is -0.537. The van der Waals surface area contributed by atoms with Gasteiger partial charge in [-0.25, -0.2) is 4.99 Å². The average molecular weight is 343 g/mol. The van der Waals surface area contributed by atoms with E-state index in [0.717, 1.165) is 21.7 Å². The number of allylic oxidation sites excluding steroid dienone is 3. The van der Waals surface area contributed by atoms with Crippen molar-refractivity contribution in [1.29, 1.82) is 0 Å². The molecule has 3 rings (SSSR count). The normalized spacial score (nSPS) is 27.0. The van der Waals surface area contributed by atoms with Crippen molar-refractivity contribution < 1.29 is 9.59 Å². The first-order valence-corrected chi connectivity index (χ1v) is 8.73. The Kier molecular flexibility index (Phi) is 4.17. The second-order valence-corrected chi connectivity index (χ2v) is 7.63. The van der Waals surface area contributed by atoms with Gasteiger partial charge in [0.25, 0.3) is 0 Å². The summed E-state index contributed by atoms with van der Waals surface area (Å²) in [5.74, 6) is 0.433. The third kappa shape index (κ3) is 2.94. The van der Waals surface area contributed by atoms with Crippen LogP contribution in [0.2, 0.25) is 0 Å². The number of thiophene rings is 1. The lowest BCUT2D eigenvalue weighted by Gasteiger charge is -2.38. The van der Waals surface area contributed by atoms with Crippen molar-refractivity contribution in [3.63, 3.8) is 0 Å². The summed E-state index contributed by atoms with van der Waals surface area (Å²) in [5.41, 5.74) is 6.45. The van der Waals surface area contributed by atoms with Gasteiger partial charge in [-0.3, -0.25) is 14.5 Å². The lowest BCUT2D eigenvalue weighted by atomic mass is 9.77. The molecule has 1 unspecified atom stereocenters. The Balaban J connectivity index is 1.92. The van der Waals surface area contributed by atoms with Crippen LogP contribution in [0.5, 0.6) is 0 Å². The monoisotopic (exact) mass is 343 g/mol. The molecule has 0 radical (unpaired) electrons. The van der Waals surface area contributed by atoms with Crippen LogP contribution in [-0.2, 0) is 4.79 Å². The summed E-state index contributed by atoms with van der Waals surface area (Å²) in [5, 5.41) is 0. The molecule has 2 atom stereocenters. The maximum atomic E-state index is 12.2. The number of hydrogen-bond acceptors (Lipinski definition) is 5. The van der Waals surface area contributed by atoms with Gasteiger partial charge in [0.15, 0.2) is 11.7 Å². The van der Waals surface area contributed by atoms with E-state index in [1.54, 1.807) is 14.0 Å². The van der Waals surface area contributed by atoms with Crippen LogP contribution in [0, 0.1) is 5.92 Å². The van der Waals surface area contributed by atoms with Crippen molar-refractivity contribution in [3.8, 4) is 0 Å². The molecule has 1 aromatic heterocycles. The van der Waals surface area contributed by atoms with Crippen LogP contribution in [0.15, 0.2) is 35.4 Å². The highest BCUT2D eigenvalue weighted by Gasteiger charge is 2.40. The predicted octanol–water partition coefficient (Wildman–Crippen LogP) is 2.85. The van der Waals surface area contributed by atoms with Gasteiger partial charge in [-0.2, -0.15) is 0 Å². The summed E-state index contributed by atoms with van der Waals surface area (Å²) >= 11 is 1.49. The molecule has 0 aromatic carbocycles. The Labute approximate surface area is 145 Å². The Morgan fingerprint density at radius 3 is 2.83 bits per heavy atom. The fraction of sp³-hybridized carbons (Fsp3) is 0.389. The average Bonchev–Trinajstić information content (AvgIpc) is 3.03. The van der Waals surface area contributed by atoms with Crippen molar-refractivity contribution in [3.05, 3.63) is 40.1 Å². The highest BCUT2D eigenvalue weighted by Crippen LogP contribution is 2.38. The molecular weight excluding hydrogens is 322 g/mol. The molecule has 6 heteroatoms. The lowest BCUT2D eigenvalue weighted by Crippen LogP contribution is -2.51. The first-order valence-electron chi connectivity index (χ1n) is 7.91. The van der Waals surface area contributed by atoms with E-state index in [9.17, 15) is 9.59 Å². The highest BCUT2D eigenvalue weighted by molar-refractivity contribution is 7.15. The van der Waals surface area contributed by atoms with Gasteiger partial charge < -0.3 is 5.73 Å². The number of hydrogen-bond donors (Lipinski definition) is 1. The van der Waals surface area contributed by atoms with Gasteiger partial charge in [-0.1, -0.05) is 18.2 Å². The summed E-state index contributed by atoms with van der Waals surface area (Å²) in [6.45, 7) is 3.56. The van der Waals surface area contributed by atoms with Crippen LogP contribution in [-0.4, -0.2) is 35.1 Å². The molecule has 126 valence electrons. The fourth-order valence-electron chi connectivity index (χ4n) is 3.10. The summed E-state index contributed by atoms with van der Waals surface area (Å²) in [4.78, 5) is 31.5. The van der Waals surface area contributed by atoms with Gasteiger partial charge in [-0.05, 0) is 38.0 Å². The predicted molar refractivity (Wildman–Crippen MR) is 97.0 cm³/mol. The van der Waals surface area contributed by atoms with Crippen LogP contribution in [0.1, 0.15) is 41.2 Å². The number of carbonyl (C=O) groups is 2. The van der Waals surface area contributed by atoms with Gasteiger partial charge in [-0.15, -0.1) is 11.3 Å². The quantitative estimate of drug-likeness (QED) is 0.858. The Bertz CT molecular complexity index is 790. The second-order valence-electron chi connectivity index (χ2n) is 6.54. The first-order chi connectivity index (χ1) is 11.3. The Morgan fingerprint density at radius 2 is 2.21 bits per heavy atom. The molecule has 0 bridgehead atoms. The molecule has 0 spiro atoms. The largest absolute Gasteiger partial charge is 0.369 e. The van der Waals surface area contributed by atoms with E-state index >= 15 is 0 Å². The second kappa shape index (κ2) is 6.02. The van der Waals surface area contributed by atoms with Gasteiger partial charge in [0.2, 0.25) is 5.91 Å². The molecular formula is C18H21N3O2S. The number of amides is 1. The maximum Gasteiger partial charge on any atom is 0.231 e. The summed E-state index contributed by atoms with van der Waals surface area (Å²) in [7, 11) is 1.65. The smallest absolute Gasteiger partial charge is 0.231 e. The van der Waals surface area contributed by atoms with E-state index in [1.807, 2.05) is 19.1 Å². The summed E-state index contributed by atoms with van der Waals surface area (Å²) in [6, 6.07) is 3.83. The number of nitrogens with two attached hydrogens (primary N) is 1. The number of aliphatic imine (C=N–C) groups is 1. The minimum absolute atomic E-state index is 0.00973. The molecule has 2 heterocycles. The lowest BCUT2D eigenvalue weighted by molar-refractivity contribution is -0.128. The molecule has 0 fully saturated rings. The SMILES string of the molecule is CC(=O)c1ccc(C2=CC([C@]3(C)CC(=O)N(C)C(N)=N3)CC=C2)s1. The standard InChI is InChI=1S/C18H21N3O2S/c1-11(22)14-7-8-15(24-14)12-5-4-6-13(9-12)18(2)10-16(23)21(3)17(19)20-18/h4-5,7-9,13H,6,10H2,1-3H3,(H2,19,20)/t13?,18-/m0/s1. The van der Waals surface area contributed by atoms with Crippen molar-refractivity contribution in [1.82, 2.24) is 4.90 Å². The van der Waals surface area contributed by atoms with Crippen molar-refractivity contribution in [2.24, 2.45) is 16.6 Å². The van der Waals surface area contributed by atoms with Gasteiger partial charge >= 0.3 is 0 Å². The van der Waals surface area contributed by atoms with E-state index in [-0.39, 0.29) is 23.6 Å². The van der Waals surface area contributed by atoms with E-state index in [1.165, 1.54) is 16.2 Å². The zero-order valence-electron chi connectivity index (χ0n) is 14.1. The molecule has 1 amide bonds. The van der Waals surface area contributed by atoms with Gasteiger partial charge in [0, 0.05) is 17.8 Å². The van der Waals surface area contributed by atoms with Crippen molar-refractivity contribution in [2.45, 2.75) is 32.2 Å². The van der Waals surface area contributed by atoms with E-state index in [0.29, 0.717) is 6.42 Å². The molecule has 0 saturated heterocycles. The van der Waals surface area contributed by atoms with Crippen LogP contribution in [0.3, 0.4) is 0 Å². The third-order valence-electron chi connectivity index (χ3n) is 4.70. The molecule has 1 aliphatic carbocycles. The van der Waals surface area contributed by atoms with Gasteiger partial charge in [0.1, 0.15) is 0 Å². The number of nitrogens with zero attached hydrogens (tertiary/aromatic N) is 2. The molecule has 1 aliphatic heterocycles. The Morgan fingerprint density at radius 1 is 1.46 bits per heavy atom.